The van der Waals surface area contributed by atoms with Crippen LogP contribution in [-0.2, 0) is 4.74 Å². The highest BCUT2D eigenvalue weighted by Gasteiger charge is 2.14. The third kappa shape index (κ3) is 9.57. The predicted molar refractivity (Wildman–Crippen MR) is 75.5 cm³/mol. The second-order valence-electron chi connectivity index (χ2n) is 5.23. The van der Waals surface area contributed by atoms with Crippen molar-refractivity contribution in [2.45, 2.75) is 46.6 Å². The van der Waals surface area contributed by atoms with Gasteiger partial charge in [-0.3, -0.25) is 4.90 Å². The van der Waals surface area contributed by atoms with Gasteiger partial charge in [0.25, 0.3) is 0 Å². The highest BCUT2D eigenvalue weighted by Crippen LogP contribution is 2.09. The molecule has 1 atom stereocenters. The summed E-state index contributed by atoms with van der Waals surface area (Å²) in [4.78, 5) is 2.56. The number of nitrogens with one attached hydrogen (secondary N) is 1. The molecule has 0 saturated carbocycles. The van der Waals surface area contributed by atoms with E-state index in [0.29, 0.717) is 6.04 Å². The molecule has 17 heavy (non-hydrogen) atoms. The lowest BCUT2D eigenvalue weighted by atomic mass is 10.1. The summed E-state index contributed by atoms with van der Waals surface area (Å²) in [5, 5.41) is 3.38. The van der Waals surface area contributed by atoms with Crippen LogP contribution in [0.2, 0.25) is 0 Å². The van der Waals surface area contributed by atoms with E-state index in [2.05, 4.69) is 37.9 Å². The molecule has 0 radical (unpaired) electrons. The van der Waals surface area contributed by atoms with Crippen LogP contribution >= 0.6 is 0 Å². The minimum absolute atomic E-state index is 0.659. The molecular formula is C14H32N2O. The zero-order valence-electron chi connectivity index (χ0n) is 12.5. The highest BCUT2D eigenvalue weighted by atomic mass is 16.5. The maximum absolute atomic E-state index is 5.19. The Kier molecular flexibility index (Phi) is 10.9. The molecule has 0 aromatic rings. The Balaban J connectivity index is 3.89. The molecule has 0 amide bonds. The summed E-state index contributed by atoms with van der Waals surface area (Å²) in [6.07, 6.45) is 2.53. The molecule has 0 bridgehead atoms. The third-order valence-corrected chi connectivity index (χ3v) is 3.03. The fourth-order valence-corrected chi connectivity index (χ4v) is 2.05. The molecule has 0 aliphatic rings. The zero-order valence-corrected chi connectivity index (χ0v) is 12.5. The average molecular weight is 244 g/mol. The van der Waals surface area contributed by atoms with Crippen molar-refractivity contribution in [2.75, 3.05) is 39.9 Å². The van der Waals surface area contributed by atoms with Gasteiger partial charge in [-0.15, -0.1) is 0 Å². The van der Waals surface area contributed by atoms with Gasteiger partial charge in [-0.2, -0.15) is 0 Å². The van der Waals surface area contributed by atoms with Crippen molar-refractivity contribution in [3.8, 4) is 0 Å². The van der Waals surface area contributed by atoms with E-state index in [1.165, 1.54) is 19.4 Å². The Bertz CT molecular complexity index is 162. The SMILES string of the molecule is CCNCCCC(C)N(CCOC)CC(C)C. The average Bonchev–Trinajstić information content (AvgIpc) is 2.29. The highest BCUT2D eigenvalue weighted by molar-refractivity contribution is 4.69. The first kappa shape index (κ1) is 16.9. The number of methoxy groups -OCH3 is 1. The monoisotopic (exact) mass is 244 g/mol. The van der Waals surface area contributed by atoms with Crippen LogP contribution in [0.3, 0.4) is 0 Å². The molecule has 3 heteroatoms. The molecule has 0 aromatic carbocycles. The molecule has 0 spiro atoms. The van der Waals surface area contributed by atoms with E-state index in [1.807, 2.05) is 0 Å². The minimum Gasteiger partial charge on any atom is -0.383 e. The van der Waals surface area contributed by atoms with Crippen LogP contribution in [0.5, 0.6) is 0 Å². The van der Waals surface area contributed by atoms with Crippen molar-refractivity contribution in [1.29, 1.82) is 0 Å². The van der Waals surface area contributed by atoms with E-state index in [9.17, 15) is 0 Å². The van der Waals surface area contributed by atoms with Gasteiger partial charge in [0, 0.05) is 26.2 Å². The second kappa shape index (κ2) is 11.0. The van der Waals surface area contributed by atoms with Gasteiger partial charge in [-0.1, -0.05) is 20.8 Å². The number of rotatable bonds is 11. The van der Waals surface area contributed by atoms with Gasteiger partial charge in [-0.25, -0.2) is 0 Å². The summed E-state index contributed by atoms with van der Waals surface area (Å²) >= 11 is 0. The first-order valence-corrected chi connectivity index (χ1v) is 7.05. The normalized spacial score (nSPS) is 13.6. The molecule has 3 nitrogen and oxygen atoms in total. The Morgan fingerprint density at radius 2 is 1.94 bits per heavy atom. The van der Waals surface area contributed by atoms with Crippen LogP contribution in [0.1, 0.15) is 40.5 Å². The van der Waals surface area contributed by atoms with Crippen molar-refractivity contribution < 1.29 is 4.74 Å². The van der Waals surface area contributed by atoms with Gasteiger partial charge < -0.3 is 10.1 Å². The van der Waals surface area contributed by atoms with Crippen LogP contribution in [0, 0.1) is 5.92 Å². The molecule has 0 aliphatic carbocycles. The Labute approximate surface area is 108 Å². The van der Waals surface area contributed by atoms with Crippen LogP contribution in [0.25, 0.3) is 0 Å². The van der Waals surface area contributed by atoms with Crippen molar-refractivity contribution in [2.24, 2.45) is 5.92 Å². The summed E-state index contributed by atoms with van der Waals surface area (Å²) in [6.45, 7) is 14.3. The maximum Gasteiger partial charge on any atom is 0.0589 e. The molecule has 1 N–H and O–H groups in total. The first-order chi connectivity index (χ1) is 8.11. The fourth-order valence-electron chi connectivity index (χ4n) is 2.05. The quantitative estimate of drug-likeness (QED) is 0.565. The van der Waals surface area contributed by atoms with E-state index >= 15 is 0 Å². The van der Waals surface area contributed by atoms with Crippen LogP contribution in [0.15, 0.2) is 0 Å². The van der Waals surface area contributed by atoms with E-state index in [-0.39, 0.29) is 0 Å². The van der Waals surface area contributed by atoms with Crippen molar-refractivity contribution in [1.82, 2.24) is 10.2 Å². The van der Waals surface area contributed by atoms with Crippen molar-refractivity contribution >= 4 is 0 Å². The van der Waals surface area contributed by atoms with E-state index in [0.717, 1.165) is 32.2 Å². The number of nitrogens with zero attached hydrogens (tertiary/aromatic N) is 1. The molecule has 0 saturated heterocycles. The van der Waals surface area contributed by atoms with Gasteiger partial charge in [0.15, 0.2) is 0 Å². The molecule has 104 valence electrons. The molecule has 0 rings (SSSR count). The summed E-state index contributed by atoms with van der Waals surface area (Å²) in [7, 11) is 1.78. The molecule has 0 aliphatic heterocycles. The molecule has 0 fully saturated rings. The molecular weight excluding hydrogens is 212 g/mol. The Morgan fingerprint density at radius 1 is 1.24 bits per heavy atom. The maximum atomic E-state index is 5.19. The summed E-state index contributed by atoms with van der Waals surface area (Å²) in [5.41, 5.74) is 0. The number of hydrogen-bond acceptors (Lipinski definition) is 3. The Hall–Kier alpha value is -0.120. The topological polar surface area (TPSA) is 24.5 Å². The van der Waals surface area contributed by atoms with Crippen molar-refractivity contribution in [3.63, 3.8) is 0 Å². The van der Waals surface area contributed by atoms with Gasteiger partial charge in [0.1, 0.15) is 0 Å². The van der Waals surface area contributed by atoms with Crippen LogP contribution < -0.4 is 5.32 Å². The van der Waals surface area contributed by atoms with Gasteiger partial charge in [-0.05, 0) is 38.8 Å². The largest absolute Gasteiger partial charge is 0.383 e. The third-order valence-electron chi connectivity index (χ3n) is 3.03. The van der Waals surface area contributed by atoms with E-state index < -0.39 is 0 Å². The first-order valence-electron chi connectivity index (χ1n) is 7.05. The Morgan fingerprint density at radius 3 is 2.47 bits per heavy atom. The standard InChI is InChI=1S/C14H32N2O/c1-6-15-9-7-8-14(4)16(10-11-17-5)12-13(2)3/h13-15H,6-12H2,1-5H3. The van der Waals surface area contributed by atoms with E-state index in [1.54, 1.807) is 7.11 Å². The minimum atomic E-state index is 0.659. The van der Waals surface area contributed by atoms with Crippen LogP contribution in [0.4, 0.5) is 0 Å². The summed E-state index contributed by atoms with van der Waals surface area (Å²) in [6, 6.07) is 0.659. The van der Waals surface area contributed by atoms with Crippen molar-refractivity contribution in [3.05, 3.63) is 0 Å². The fraction of sp³-hybridized carbons (Fsp3) is 1.00. The molecule has 0 heterocycles. The molecule has 1 unspecified atom stereocenters. The smallest absolute Gasteiger partial charge is 0.0589 e. The van der Waals surface area contributed by atoms with E-state index in [4.69, 9.17) is 4.74 Å². The lowest BCUT2D eigenvalue weighted by molar-refractivity contribution is 0.111. The lowest BCUT2D eigenvalue weighted by Crippen LogP contribution is -2.38. The predicted octanol–water partition coefficient (Wildman–Crippen LogP) is 2.37. The number of ether oxygens (including phenoxy) is 1. The second-order valence-corrected chi connectivity index (χ2v) is 5.23. The van der Waals surface area contributed by atoms with Crippen LogP contribution in [-0.4, -0.2) is 50.8 Å². The lowest BCUT2D eigenvalue weighted by Gasteiger charge is -2.30. The number of hydrogen-bond donors (Lipinski definition) is 1. The van der Waals surface area contributed by atoms with Gasteiger partial charge in [0.2, 0.25) is 0 Å². The summed E-state index contributed by atoms with van der Waals surface area (Å²) < 4.78 is 5.19. The molecule has 0 aromatic heterocycles. The summed E-state index contributed by atoms with van der Waals surface area (Å²) in [5.74, 6) is 0.725. The van der Waals surface area contributed by atoms with Gasteiger partial charge in [0.05, 0.1) is 6.61 Å². The van der Waals surface area contributed by atoms with Gasteiger partial charge >= 0.3 is 0 Å². The zero-order chi connectivity index (χ0) is 13.1.